The number of rotatable bonds is 3. The van der Waals surface area contributed by atoms with Gasteiger partial charge in [0.15, 0.2) is 0 Å². The van der Waals surface area contributed by atoms with Crippen molar-refractivity contribution in [2.45, 2.75) is 12.8 Å². The van der Waals surface area contributed by atoms with Crippen LogP contribution in [0.1, 0.15) is 18.4 Å². The quantitative estimate of drug-likeness (QED) is 0.721. The summed E-state index contributed by atoms with van der Waals surface area (Å²) in [5, 5.41) is 1.64. The highest BCUT2D eigenvalue weighted by Gasteiger charge is 2.14. The lowest BCUT2D eigenvalue weighted by molar-refractivity contribution is -0.125. The Labute approximate surface area is 83.9 Å². The molecule has 1 rings (SSSR count). The molecule has 14 heavy (non-hydrogen) atoms. The maximum atomic E-state index is 11.6. The third-order valence-electron chi connectivity index (χ3n) is 1.93. The normalized spacial score (nSPS) is 12.6. The second kappa shape index (κ2) is 4.72. The Balaban J connectivity index is 2.66. The summed E-state index contributed by atoms with van der Waals surface area (Å²) >= 11 is 0. The minimum atomic E-state index is -0.152. The van der Waals surface area contributed by atoms with E-state index in [-0.39, 0.29) is 11.8 Å². The molecule has 1 aromatic heterocycles. The van der Waals surface area contributed by atoms with Crippen molar-refractivity contribution in [1.29, 1.82) is 0 Å². The lowest BCUT2D eigenvalue weighted by atomic mass is 10.0. The van der Waals surface area contributed by atoms with E-state index >= 15 is 0 Å². The average molecular weight is 193 g/mol. The van der Waals surface area contributed by atoms with Crippen molar-refractivity contribution < 1.29 is 4.79 Å². The van der Waals surface area contributed by atoms with Crippen LogP contribution in [0.15, 0.2) is 24.5 Å². The van der Waals surface area contributed by atoms with Crippen LogP contribution in [-0.4, -0.2) is 30.0 Å². The highest BCUT2D eigenvalue weighted by atomic mass is 16.2. The van der Waals surface area contributed by atoms with Gasteiger partial charge in [-0.05, 0) is 24.6 Å². The van der Waals surface area contributed by atoms with Crippen LogP contribution in [0.3, 0.4) is 0 Å². The number of carbonyl (C=O) groups is 1. The van der Waals surface area contributed by atoms with Crippen molar-refractivity contribution in [1.82, 2.24) is 15.4 Å². The van der Waals surface area contributed by atoms with Crippen molar-refractivity contribution >= 4 is 5.91 Å². The van der Waals surface area contributed by atoms with Crippen molar-refractivity contribution in [2.75, 3.05) is 14.1 Å². The first kappa shape index (κ1) is 10.7. The minimum absolute atomic E-state index is 0.0128. The maximum absolute atomic E-state index is 11.6. The standard InChI is InChI=1S/C10H15N3O/c1-8(10(14)12-13(2)3)9-4-6-11-7-5-9/h4-8H,1-3H3,(H,12,14). The minimum Gasteiger partial charge on any atom is -0.289 e. The smallest absolute Gasteiger partial charge is 0.241 e. The Kier molecular flexibility index (Phi) is 3.59. The summed E-state index contributed by atoms with van der Waals surface area (Å²) in [4.78, 5) is 15.5. The Bertz CT molecular complexity index is 297. The molecule has 4 heteroatoms. The summed E-state index contributed by atoms with van der Waals surface area (Å²) in [5.74, 6) is -0.165. The Morgan fingerprint density at radius 1 is 1.43 bits per heavy atom. The summed E-state index contributed by atoms with van der Waals surface area (Å²) in [7, 11) is 3.58. The van der Waals surface area contributed by atoms with Crippen LogP contribution in [0, 0.1) is 0 Å². The van der Waals surface area contributed by atoms with E-state index in [4.69, 9.17) is 0 Å². The first-order chi connectivity index (χ1) is 6.61. The molecule has 1 aromatic rings. The van der Waals surface area contributed by atoms with Gasteiger partial charge in [-0.2, -0.15) is 0 Å². The maximum Gasteiger partial charge on any atom is 0.241 e. The number of hydrogen-bond donors (Lipinski definition) is 1. The van der Waals surface area contributed by atoms with Crippen LogP contribution in [0.5, 0.6) is 0 Å². The number of aromatic nitrogens is 1. The SMILES string of the molecule is CC(C(=O)NN(C)C)c1ccncc1. The summed E-state index contributed by atoms with van der Waals surface area (Å²) in [5.41, 5.74) is 3.69. The van der Waals surface area contributed by atoms with Crippen molar-refractivity contribution in [3.05, 3.63) is 30.1 Å². The highest BCUT2D eigenvalue weighted by Crippen LogP contribution is 2.13. The summed E-state index contributed by atoms with van der Waals surface area (Å²) < 4.78 is 0. The van der Waals surface area contributed by atoms with Crippen LogP contribution in [0.25, 0.3) is 0 Å². The van der Waals surface area contributed by atoms with Gasteiger partial charge in [0.2, 0.25) is 5.91 Å². The van der Waals surface area contributed by atoms with E-state index in [0.717, 1.165) is 5.56 Å². The van der Waals surface area contributed by atoms with Gasteiger partial charge in [-0.15, -0.1) is 0 Å². The molecule has 76 valence electrons. The molecule has 0 bridgehead atoms. The van der Waals surface area contributed by atoms with Crippen LogP contribution in [-0.2, 0) is 4.79 Å². The van der Waals surface area contributed by atoms with Crippen LogP contribution in [0.2, 0.25) is 0 Å². The van der Waals surface area contributed by atoms with Crippen molar-refractivity contribution in [3.63, 3.8) is 0 Å². The molecule has 0 aliphatic carbocycles. The third kappa shape index (κ3) is 2.81. The highest BCUT2D eigenvalue weighted by molar-refractivity contribution is 5.82. The van der Waals surface area contributed by atoms with E-state index in [1.165, 1.54) is 0 Å². The Morgan fingerprint density at radius 3 is 2.50 bits per heavy atom. The molecular formula is C10H15N3O. The molecule has 0 aromatic carbocycles. The number of pyridine rings is 1. The molecule has 4 nitrogen and oxygen atoms in total. The fraction of sp³-hybridized carbons (Fsp3) is 0.400. The third-order valence-corrected chi connectivity index (χ3v) is 1.93. The predicted molar refractivity (Wildman–Crippen MR) is 54.5 cm³/mol. The van der Waals surface area contributed by atoms with Crippen LogP contribution >= 0.6 is 0 Å². The van der Waals surface area contributed by atoms with Crippen LogP contribution < -0.4 is 5.43 Å². The number of nitrogens with one attached hydrogen (secondary N) is 1. The van der Waals surface area contributed by atoms with E-state index in [2.05, 4.69) is 10.4 Å². The number of amides is 1. The lowest BCUT2D eigenvalue weighted by Gasteiger charge is -2.16. The van der Waals surface area contributed by atoms with Gasteiger partial charge in [-0.25, -0.2) is 5.01 Å². The van der Waals surface area contributed by atoms with Gasteiger partial charge in [-0.1, -0.05) is 0 Å². The zero-order valence-electron chi connectivity index (χ0n) is 8.69. The molecule has 1 unspecified atom stereocenters. The zero-order chi connectivity index (χ0) is 10.6. The molecule has 1 atom stereocenters. The molecule has 0 radical (unpaired) electrons. The van der Waals surface area contributed by atoms with Gasteiger partial charge >= 0.3 is 0 Å². The number of hydrogen-bond acceptors (Lipinski definition) is 3. The number of nitrogens with zero attached hydrogens (tertiary/aromatic N) is 2. The van der Waals surface area contributed by atoms with E-state index < -0.39 is 0 Å². The average Bonchev–Trinajstić information content (AvgIpc) is 2.17. The molecule has 0 saturated carbocycles. The second-order valence-electron chi connectivity index (χ2n) is 3.37. The van der Waals surface area contributed by atoms with E-state index in [9.17, 15) is 4.79 Å². The summed E-state index contributed by atoms with van der Waals surface area (Å²) in [6.07, 6.45) is 3.38. The van der Waals surface area contributed by atoms with Crippen LogP contribution in [0.4, 0.5) is 0 Å². The van der Waals surface area contributed by atoms with Gasteiger partial charge in [0.1, 0.15) is 0 Å². The second-order valence-corrected chi connectivity index (χ2v) is 3.37. The molecule has 0 fully saturated rings. The largest absolute Gasteiger partial charge is 0.289 e. The Hall–Kier alpha value is -1.42. The van der Waals surface area contributed by atoms with Gasteiger partial charge in [0, 0.05) is 26.5 Å². The Morgan fingerprint density at radius 2 is 2.00 bits per heavy atom. The molecule has 0 aliphatic heterocycles. The van der Waals surface area contributed by atoms with Crippen molar-refractivity contribution in [2.24, 2.45) is 0 Å². The van der Waals surface area contributed by atoms with E-state index in [1.807, 2.05) is 19.1 Å². The predicted octanol–water partition coefficient (Wildman–Crippen LogP) is 0.778. The summed E-state index contributed by atoms with van der Waals surface area (Å²) in [6, 6.07) is 3.69. The topological polar surface area (TPSA) is 45.2 Å². The summed E-state index contributed by atoms with van der Waals surface area (Å²) in [6.45, 7) is 1.87. The van der Waals surface area contributed by atoms with E-state index in [0.29, 0.717) is 0 Å². The first-order valence-electron chi connectivity index (χ1n) is 4.49. The monoisotopic (exact) mass is 193 g/mol. The molecule has 0 spiro atoms. The molecular weight excluding hydrogens is 178 g/mol. The van der Waals surface area contributed by atoms with Gasteiger partial charge in [0.25, 0.3) is 0 Å². The fourth-order valence-electron chi connectivity index (χ4n) is 1.12. The van der Waals surface area contributed by atoms with Crippen molar-refractivity contribution in [3.8, 4) is 0 Å². The number of hydrazine groups is 1. The lowest BCUT2D eigenvalue weighted by Crippen LogP contribution is -2.38. The van der Waals surface area contributed by atoms with E-state index in [1.54, 1.807) is 31.5 Å². The molecule has 0 aliphatic rings. The van der Waals surface area contributed by atoms with Gasteiger partial charge in [-0.3, -0.25) is 15.2 Å². The molecule has 1 N–H and O–H groups in total. The fourth-order valence-corrected chi connectivity index (χ4v) is 1.12. The molecule has 0 saturated heterocycles. The first-order valence-corrected chi connectivity index (χ1v) is 4.49. The van der Waals surface area contributed by atoms with Gasteiger partial charge < -0.3 is 0 Å². The number of carbonyl (C=O) groups excluding carboxylic acids is 1. The molecule has 1 amide bonds. The van der Waals surface area contributed by atoms with Gasteiger partial charge in [0.05, 0.1) is 5.92 Å². The zero-order valence-corrected chi connectivity index (χ0v) is 8.69. The molecule has 1 heterocycles.